The van der Waals surface area contributed by atoms with E-state index in [1.807, 2.05) is 0 Å². The van der Waals surface area contributed by atoms with Crippen molar-refractivity contribution in [1.29, 1.82) is 0 Å². The number of hydrogen-bond acceptors (Lipinski definition) is 4. The van der Waals surface area contributed by atoms with Crippen LogP contribution in [-0.2, 0) is 6.54 Å². The summed E-state index contributed by atoms with van der Waals surface area (Å²) in [6, 6.07) is 3.45. The number of guanidine groups is 1. The summed E-state index contributed by atoms with van der Waals surface area (Å²) in [6.07, 6.45) is 0. The van der Waals surface area contributed by atoms with Gasteiger partial charge in [0.15, 0.2) is 17.6 Å². The molecule has 2 N–H and O–H groups in total. The zero-order valence-corrected chi connectivity index (χ0v) is 18.0. The maximum atomic E-state index is 13.1. The van der Waals surface area contributed by atoms with E-state index >= 15 is 0 Å². The van der Waals surface area contributed by atoms with Crippen molar-refractivity contribution in [3.05, 3.63) is 45.9 Å². The third kappa shape index (κ3) is 7.02. The van der Waals surface area contributed by atoms with Gasteiger partial charge in [0.05, 0.1) is 18.8 Å². The first-order valence-corrected chi connectivity index (χ1v) is 8.84. The minimum Gasteiger partial charge on any atom is -0.492 e. The van der Waals surface area contributed by atoms with Crippen LogP contribution >= 0.6 is 35.3 Å². The Morgan fingerprint density at radius 1 is 1.27 bits per heavy atom. The van der Waals surface area contributed by atoms with Crippen LogP contribution in [0.1, 0.15) is 30.5 Å². The lowest BCUT2D eigenvalue weighted by atomic mass is 10.2. The number of thiazole rings is 1. The number of hydrogen-bond donors (Lipinski definition) is 2. The fourth-order valence-electron chi connectivity index (χ4n) is 1.96. The van der Waals surface area contributed by atoms with E-state index in [9.17, 15) is 8.78 Å². The molecule has 0 amide bonds. The third-order valence-electron chi connectivity index (χ3n) is 3.35. The molecule has 0 radical (unpaired) electrons. The minimum atomic E-state index is -0.924. The Hall–Kier alpha value is -1.49. The maximum absolute atomic E-state index is 13.1. The number of ether oxygens (including phenoxy) is 1. The number of nitrogens with zero attached hydrogens (tertiary/aromatic N) is 2. The Labute approximate surface area is 173 Å². The van der Waals surface area contributed by atoms with Crippen LogP contribution in [-0.4, -0.2) is 31.1 Å². The van der Waals surface area contributed by atoms with Crippen LogP contribution in [0.4, 0.5) is 8.78 Å². The normalized spacial score (nSPS) is 11.2. The largest absolute Gasteiger partial charge is 0.492 e. The van der Waals surface area contributed by atoms with Crippen molar-refractivity contribution < 1.29 is 13.5 Å². The fourth-order valence-corrected chi connectivity index (χ4v) is 2.85. The molecule has 9 heteroatoms. The summed E-state index contributed by atoms with van der Waals surface area (Å²) in [4.78, 5) is 8.67. The molecule has 2 aromatic rings. The zero-order valence-electron chi connectivity index (χ0n) is 14.9. The lowest BCUT2D eigenvalue weighted by Gasteiger charge is -2.12. The lowest BCUT2D eigenvalue weighted by molar-refractivity contribution is 0.318. The molecule has 0 fully saturated rings. The summed E-state index contributed by atoms with van der Waals surface area (Å²) in [7, 11) is 1.67. The van der Waals surface area contributed by atoms with Crippen LogP contribution in [0.5, 0.6) is 5.75 Å². The SMILES string of the molecule is CN=C(NCCOc1ccc(F)c(F)c1)NCc1nc(C(C)C)cs1.I. The number of aliphatic imine (C=N–C) groups is 1. The molecule has 0 aliphatic rings. The highest BCUT2D eigenvalue weighted by atomic mass is 127. The number of benzene rings is 1. The average Bonchev–Trinajstić information content (AvgIpc) is 3.06. The molecule has 2 rings (SSSR count). The molecule has 1 aromatic heterocycles. The van der Waals surface area contributed by atoms with Crippen molar-refractivity contribution in [2.24, 2.45) is 4.99 Å². The molecule has 26 heavy (non-hydrogen) atoms. The van der Waals surface area contributed by atoms with Gasteiger partial charge in [0.2, 0.25) is 0 Å². The van der Waals surface area contributed by atoms with Crippen molar-refractivity contribution in [1.82, 2.24) is 15.6 Å². The lowest BCUT2D eigenvalue weighted by Crippen LogP contribution is -2.38. The van der Waals surface area contributed by atoms with E-state index in [0.29, 0.717) is 31.6 Å². The van der Waals surface area contributed by atoms with Gasteiger partial charge in [0.25, 0.3) is 0 Å². The molecule has 0 aliphatic carbocycles. The van der Waals surface area contributed by atoms with Gasteiger partial charge >= 0.3 is 0 Å². The van der Waals surface area contributed by atoms with Gasteiger partial charge in [-0.05, 0) is 18.1 Å². The second kappa shape index (κ2) is 11.3. The third-order valence-corrected chi connectivity index (χ3v) is 4.21. The predicted molar refractivity (Wildman–Crippen MR) is 112 cm³/mol. The topological polar surface area (TPSA) is 58.5 Å². The Morgan fingerprint density at radius 2 is 2.04 bits per heavy atom. The number of rotatable bonds is 7. The summed E-state index contributed by atoms with van der Waals surface area (Å²) in [5, 5.41) is 9.32. The number of halogens is 3. The second-order valence-electron chi connectivity index (χ2n) is 5.60. The Balaban J connectivity index is 0.00000338. The minimum absolute atomic E-state index is 0. The van der Waals surface area contributed by atoms with Gasteiger partial charge in [0.1, 0.15) is 17.4 Å². The standard InChI is InChI=1S/C17H22F2N4OS.HI/c1-11(2)15-10-25-16(23-15)9-22-17(20-3)21-6-7-24-12-4-5-13(18)14(19)8-12;/h4-5,8,10-11H,6-7,9H2,1-3H3,(H2,20,21,22);1H. The molecule has 144 valence electrons. The van der Waals surface area contributed by atoms with E-state index in [1.165, 1.54) is 6.07 Å². The van der Waals surface area contributed by atoms with Crippen LogP contribution < -0.4 is 15.4 Å². The summed E-state index contributed by atoms with van der Waals surface area (Å²) in [5.41, 5.74) is 1.09. The molecule has 0 unspecified atom stereocenters. The molecule has 0 spiro atoms. The highest BCUT2D eigenvalue weighted by molar-refractivity contribution is 14.0. The summed E-state index contributed by atoms with van der Waals surface area (Å²) < 4.78 is 31.3. The predicted octanol–water partition coefficient (Wildman–Crippen LogP) is 3.91. The number of nitrogens with one attached hydrogen (secondary N) is 2. The molecule has 1 heterocycles. The zero-order chi connectivity index (χ0) is 18.2. The van der Waals surface area contributed by atoms with Crippen LogP contribution in [0, 0.1) is 11.6 Å². The number of aromatic nitrogens is 1. The van der Waals surface area contributed by atoms with E-state index in [1.54, 1.807) is 18.4 Å². The molecule has 0 atom stereocenters. The Bertz CT molecular complexity index is 725. The van der Waals surface area contributed by atoms with Gasteiger partial charge in [-0.2, -0.15) is 0 Å². The van der Waals surface area contributed by atoms with Crippen LogP contribution in [0.25, 0.3) is 0 Å². The van der Waals surface area contributed by atoms with Crippen LogP contribution in [0.3, 0.4) is 0 Å². The van der Waals surface area contributed by atoms with Gasteiger partial charge in [0, 0.05) is 18.5 Å². The van der Waals surface area contributed by atoms with Crippen molar-refractivity contribution in [2.45, 2.75) is 26.3 Å². The summed E-state index contributed by atoms with van der Waals surface area (Å²) in [5.74, 6) is -0.497. The van der Waals surface area contributed by atoms with Crippen molar-refractivity contribution in [3.63, 3.8) is 0 Å². The maximum Gasteiger partial charge on any atom is 0.191 e. The first-order valence-electron chi connectivity index (χ1n) is 7.96. The quantitative estimate of drug-likeness (QED) is 0.264. The Morgan fingerprint density at radius 3 is 2.65 bits per heavy atom. The average molecular weight is 496 g/mol. The monoisotopic (exact) mass is 496 g/mol. The van der Waals surface area contributed by atoms with Gasteiger partial charge < -0.3 is 15.4 Å². The Kier molecular flexibility index (Phi) is 9.78. The van der Waals surface area contributed by atoms with Crippen LogP contribution in [0.2, 0.25) is 0 Å². The second-order valence-corrected chi connectivity index (χ2v) is 6.54. The van der Waals surface area contributed by atoms with Crippen molar-refractivity contribution in [2.75, 3.05) is 20.2 Å². The van der Waals surface area contributed by atoms with Gasteiger partial charge in [-0.25, -0.2) is 13.8 Å². The highest BCUT2D eigenvalue weighted by Crippen LogP contribution is 2.17. The summed E-state index contributed by atoms with van der Waals surface area (Å²) >= 11 is 1.61. The molecular formula is C17H23F2IN4OS. The van der Waals surface area contributed by atoms with Gasteiger partial charge in [-0.3, -0.25) is 4.99 Å². The van der Waals surface area contributed by atoms with E-state index in [-0.39, 0.29) is 29.7 Å². The van der Waals surface area contributed by atoms with E-state index in [4.69, 9.17) is 4.74 Å². The fraction of sp³-hybridized carbons (Fsp3) is 0.412. The summed E-state index contributed by atoms with van der Waals surface area (Å²) in [6.45, 7) is 5.56. The molecule has 0 aliphatic heterocycles. The smallest absolute Gasteiger partial charge is 0.191 e. The van der Waals surface area contributed by atoms with Crippen molar-refractivity contribution in [3.8, 4) is 5.75 Å². The molecule has 0 saturated carbocycles. The van der Waals surface area contributed by atoms with Gasteiger partial charge in [-0.1, -0.05) is 13.8 Å². The highest BCUT2D eigenvalue weighted by Gasteiger charge is 2.07. The first kappa shape index (κ1) is 22.6. The van der Waals surface area contributed by atoms with Crippen molar-refractivity contribution >= 4 is 41.3 Å². The molecule has 5 nitrogen and oxygen atoms in total. The molecule has 0 saturated heterocycles. The van der Waals surface area contributed by atoms with Gasteiger partial charge in [-0.15, -0.1) is 35.3 Å². The van der Waals surface area contributed by atoms with Crippen LogP contribution in [0.15, 0.2) is 28.6 Å². The van der Waals surface area contributed by atoms with E-state index < -0.39 is 11.6 Å². The van der Waals surface area contributed by atoms with E-state index in [2.05, 4.69) is 39.8 Å². The molecular weight excluding hydrogens is 473 g/mol. The van der Waals surface area contributed by atoms with E-state index in [0.717, 1.165) is 22.8 Å². The molecule has 1 aromatic carbocycles. The molecule has 0 bridgehead atoms. The first-order chi connectivity index (χ1) is 12.0.